The van der Waals surface area contributed by atoms with E-state index in [-0.39, 0.29) is 11.3 Å². The molecular formula is C10H12FNO3. The molecule has 1 rings (SSSR count). The molecule has 15 heavy (non-hydrogen) atoms. The van der Waals surface area contributed by atoms with Gasteiger partial charge in [0.2, 0.25) is 0 Å². The van der Waals surface area contributed by atoms with Crippen molar-refractivity contribution in [3.63, 3.8) is 0 Å². The average molecular weight is 213 g/mol. The Morgan fingerprint density at radius 3 is 2.67 bits per heavy atom. The molecule has 5 heteroatoms. The summed E-state index contributed by atoms with van der Waals surface area (Å²) >= 11 is 0. The SMILES string of the molecule is COc1ccc(O)c(F)c1C(=O)C(C)N. The summed E-state index contributed by atoms with van der Waals surface area (Å²) in [6, 6.07) is 1.58. The maximum absolute atomic E-state index is 13.5. The Bertz CT molecular complexity index is 390. The third kappa shape index (κ3) is 2.07. The molecule has 0 saturated heterocycles. The van der Waals surface area contributed by atoms with Crippen LogP contribution in [-0.2, 0) is 0 Å². The molecule has 0 radical (unpaired) electrons. The Morgan fingerprint density at radius 2 is 2.20 bits per heavy atom. The summed E-state index contributed by atoms with van der Waals surface area (Å²) < 4.78 is 18.3. The molecule has 0 aliphatic heterocycles. The number of ketones is 1. The maximum atomic E-state index is 13.5. The van der Waals surface area contributed by atoms with E-state index in [4.69, 9.17) is 15.6 Å². The number of phenolic OH excluding ortho intramolecular Hbond substituents is 1. The number of carbonyl (C=O) groups excluding carboxylic acids is 1. The van der Waals surface area contributed by atoms with Crippen molar-refractivity contribution in [2.24, 2.45) is 5.73 Å². The zero-order valence-corrected chi connectivity index (χ0v) is 8.45. The predicted molar refractivity (Wildman–Crippen MR) is 52.6 cm³/mol. The quantitative estimate of drug-likeness (QED) is 0.736. The fourth-order valence-corrected chi connectivity index (χ4v) is 1.17. The summed E-state index contributed by atoms with van der Waals surface area (Å²) in [4.78, 5) is 11.5. The Kier molecular flexibility index (Phi) is 3.26. The van der Waals surface area contributed by atoms with Crippen LogP contribution in [-0.4, -0.2) is 24.0 Å². The molecule has 1 aromatic rings. The van der Waals surface area contributed by atoms with Crippen molar-refractivity contribution in [2.45, 2.75) is 13.0 Å². The molecule has 1 unspecified atom stereocenters. The van der Waals surface area contributed by atoms with E-state index in [0.717, 1.165) is 6.07 Å². The van der Waals surface area contributed by atoms with Crippen LogP contribution >= 0.6 is 0 Å². The van der Waals surface area contributed by atoms with Crippen molar-refractivity contribution >= 4 is 5.78 Å². The number of hydrogen-bond acceptors (Lipinski definition) is 4. The van der Waals surface area contributed by atoms with Crippen LogP contribution in [0.1, 0.15) is 17.3 Å². The number of benzene rings is 1. The molecule has 1 atom stereocenters. The van der Waals surface area contributed by atoms with Gasteiger partial charge in [-0.25, -0.2) is 4.39 Å². The van der Waals surface area contributed by atoms with Crippen molar-refractivity contribution in [3.8, 4) is 11.5 Å². The van der Waals surface area contributed by atoms with Crippen LogP contribution in [0, 0.1) is 5.82 Å². The molecule has 4 nitrogen and oxygen atoms in total. The second-order valence-electron chi connectivity index (χ2n) is 3.13. The first-order chi connectivity index (χ1) is 6.99. The van der Waals surface area contributed by atoms with Gasteiger partial charge in [-0.3, -0.25) is 4.79 Å². The Labute approximate surface area is 86.5 Å². The summed E-state index contributed by atoms with van der Waals surface area (Å²) in [5.41, 5.74) is 5.04. The van der Waals surface area contributed by atoms with Gasteiger partial charge in [-0.05, 0) is 19.1 Å². The van der Waals surface area contributed by atoms with Gasteiger partial charge in [0.25, 0.3) is 0 Å². The number of phenols is 1. The molecule has 0 spiro atoms. The molecule has 0 saturated carbocycles. The normalized spacial score (nSPS) is 12.3. The minimum absolute atomic E-state index is 0.0626. The Balaban J connectivity index is 3.36. The largest absolute Gasteiger partial charge is 0.505 e. The molecule has 0 aliphatic rings. The van der Waals surface area contributed by atoms with Gasteiger partial charge in [0, 0.05) is 0 Å². The smallest absolute Gasteiger partial charge is 0.186 e. The van der Waals surface area contributed by atoms with Gasteiger partial charge in [0.15, 0.2) is 17.3 Å². The summed E-state index contributed by atoms with van der Waals surface area (Å²) in [6.07, 6.45) is 0. The summed E-state index contributed by atoms with van der Waals surface area (Å²) in [5.74, 6) is -2.15. The van der Waals surface area contributed by atoms with Crippen LogP contribution in [0.5, 0.6) is 11.5 Å². The first-order valence-electron chi connectivity index (χ1n) is 4.34. The van der Waals surface area contributed by atoms with E-state index in [1.807, 2.05) is 0 Å². The van der Waals surface area contributed by atoms with Crippen LogP contribution in [0.3, 0.4) is 0 Å². The lowest BCUT2D eigenvalue weighted by atomic mass is 10.0. The van der Waals surface area contributed by atoms with Crippen molar-refractivity contribution in [2.75, 3.05) is 7.11 Å². The van der Waals surface area contributed by atoms with E-state index in [0.29, 0.717) is 0 Å². The van der Waals surface area contributed by atoms with Crippen LogP contribution in [0.2, 0.25) is 0 Å². The van der Waals surface area contributed by atoms with E-state index in [2.05, 4.69) is 0 Å². The topological polar surface area (TPSA) is 72.5 Å². The fraction of sp³-hybridized carbons (Fsp3) is 0.300. The molecule has 0 amide bonds. The van der Waals surface area contributed by atoms with Gasteiger partial charge >= 0.3 is 0 Å². The minimum atomic E-state index is -1.00. The third-order valence-corrected chi connectivity index (χ3v) is 1.96. The minimum Gasteiger partial charge on any atom is -0.505 e. The highest BCUT2D eigenvalue weighted by Gasteiger charge is 2.23. The number of methoxy groups -OCH3 is 1. The van der Waals surface area contributed by atoms with Crippen molar-refractivity contribution in [1.29, 1.82) is 0 Å². The number of ether oxygens (including phenoxy) is 1. The van der Waals surface area contributed by atoms with Gasteiger partial charge in [-0.1, -0.05) is 0 Å². The van der Waals surface area contributed by atoms with Crippen molar-refractivity contribution in [3.05, 3.63) is 23.5 Å². The van der Waals surface area contributed by atoms with E-state index in [9.17, 15) is 9.18 Å². The average Bonchev–Trinajstić information content (AvgIpc) is 2.20. The predicted octanol–water partition coefficient (Wildman–Crippen LogP) is 1.07. The van der Waals surface area contributed by atoms with Crippen molar-refractivity contribution in [1.82, 2.24) is 0 Å². The molecular weight excluding hydrogens is 201 g/mol. The standard InChI is InChI=1S/C10H12FNO3/c1-5(12)10(14)8-7(15-2)4-3-6(13)9(8)11/h3-5,13H,12H2,1-2H3. The van der Waals surface area contributed by atoms with Crippen molar-refractivity contribution < 1.29 is 19.0 Å². The summed E-state index contributed by atoms with van der Waals surface area (Å²) in [5, 5.41) is 9.13. The lowest BCUT2D eigenvalue weighted by molar-refractivity contribution is 0.0960. The zero-order chi connectivity index (χ0) is 11.6. The number of rotatable bonds is 3. The number of Topliss-reactive ketones (excluding diaryl/α,β-unsaturated/α-hetero) is 1. The number of carbonyl (C=O) groups is 1. The van der Waals surface area contributed by atoms with E-state index < -0.39 is 23.4 Å². The van der Waals surface area contributed by atoms with Gasteiger partial charge in [0.05, 0.1) is 13.2 Å². The fourth-order valence-electron chi connectivity index (χ4n) is 1.17. The molecule has 0 fully saturated rings. The number of nitrogens with two attached hydrogens (primary N) is 1. The lowest BCUT2D eigenvalue weighted by Crippen LogP contribution is -2.27. The lowest BCUT2D eigenvalue weighted by Gasteiger charge is -2.11. The first-order valence-corrected chi connectivity index (χ1v) is 4.34. The molecule has 1 aromatic carbocycles. The van der Waals surface area contributed by atoms with Crippen LogP contribution in [0.4, 0.5) is 4.39 Å². The molecule has 0 bridgehead atoms. The third-order valence-electron chi connectivity index (χ3n) is 1.96. The molecule has 82 valence electrons. The second-order valence-corrected chi connectivity index (χ2v) is 3.13. The highest BCUT2D eigenvalue weighted by atomic mass is 19.1. The van der Waals surface area contributed by atoms with Crippen LogP contribution in [0.25, 0.3) is 0 Å². The molecule has 0 aliphatic carbocycles. The van der Waals surface area contributed by atoms with Gasteiger partial charge in [0.1, 0.15) is 11.3 Å². The van der Waals surface area contributed by atoms with Gasteiger partial charge < -0.3 is 15.6 Å². The second kappa shape index (κ2) is 4.27. The van der Waals surface area contributed by atoms with Crippen LogP contribution in [0.15, 0.2) is 12.1 Å². The molecule has 0 aromatic heterocycles. The van der Waals surface area contributed by atoms with E-state index >= 15 is 0 Å². The molecule has 3 N–H and O–H groups in total. The van der Waals surface area contributed by atoms with E-state index in [1.54, 1.807) is 0 Å². The highest BCUT2D eigenvalue weighted by Crippen LogP contribution is 2.28. The van der Waals surface area contributed by atoms with Gasteiger partial charge in [-0.2, -0.15) is 0 Å². The Morgan fingerprint density at radius 1 is 1.60 bits per heavy atom. The zero-order valence-electron chi connectivity index (χ0n) is 8.45. The van der Waals surface area contributed by atoms with Gasteiger partial charge in [-0.15, -0.1) is 0 Å². The van der Waals surface area contributed by atoms with E-state index in [1.165, 1.54) is 20.1 Å². The summed E-state index contributed by atoms with van der Waals surface area (Å²) in [6.45, 7) is 1.44. The number of hydrogen-bond donors (Lipinski definition) is 2. The Hall–Kier alpha value is -1.62. The monoisotopic (exact) mass is 213 g/mol. The highest BCUT2D eigenvalue weighted by molar-refractivity contribution is 6.02. The van der Waals surface area contributed by atoms with Crippen LogP contribution < -0.4 is 10.5 Å². The number of halogens is 1. The number of aromatic hydroxyl groups is 1. The molecule has 0 heterocycles. The first kappa shape index (κ1) is 11.5. The summed E-state index contributed by atoms with van der Waals surface area (Å²) in [7, 11) is 1.31. The maximum Gasteiger partial charge on any atom is 0.186 e.